The molecule has 1 aromatic carbocycles. The Labute approximate surface area is 155 Å². The van der Waals surface area contributed by atoms with Crippen LogP contribution in [0.15, 0.2) is 24.3 Å². The second-order valence-electron chi connectivity index (χ2n) is 6.74. The van der Waals surface area contributed by atoms with Crippen LogP contribution in [-0.4, -0.2) is 42.5 Å². The first-order valence-electron chi connectivity index (χ1n) is 8.82. The Bertz CT molecular complexity index is 604. The molecule has 3 N–H and O–H groups in total. The highest BCUT2D eigenvalue weighted by Gasteiger charge is 2.25. The summed E-state index contributed by atoms with van der Waals surface area (Å²) in [6, 6.07) is 7.66. The first kappa shape index (κ1) is 19.5. The molecule has 2 fully saturated rings. The summed E-state index contributed by atoms with van der Waals surface area (Å²) < 4.78 is 0. The van der Waals surface area contributed by atoms with Crippen LogP contribution in [0, 0.1) is 5.92 Å². The fourth-order valence-corrected chi connectivity index (χ4v) is 3.42. The van der Waals surface area contributed by atoms with E-state index >= 15 is 0 Å². The summed E-state index contributed by atoms with van der Waals surface area (Å²) >= 11 is 0. The largest absolute Gasteiger partial charge is 0.325 e. The maximum Gasteiger partial charge on any atom is 0.321 e. The van der Waals surface area contributed by atoms with Crippen molar-refractivity contribution >= 4 is 35.7 Å². The SMILES string of the molecule is C[C@H]1C[C@@H](C(=O)Nc2ccccc2NC(=O)N2CCCC2)CCN1.Cl. The van der Waals surface area contributed by atoms with Crippen LogP contribution in [0.5, 0.6) is 0 Å². The standard InChI is InChI=1S/C18H26N4O2.ClH/c1-13-12-14(8-9-19-13)17(23)20-15-6-2-3-7-16(15)21-18(24)22-10-4-5-11-22;/h2-3,6-7,13-14,19H,4-5,8-12H2,1H3,(H,20,23)(H,21,24);1H/t13-,14-;/m0./s1. The quantitative estimate of drug-likeness (QED) is 0.769. The van der Waals surface area contributed by atoms with E-state index in [4.69, 9.17) is 0 Å². The summed E-state index contributed by atoms with van der Waals surface area (Å²) in [7, 11) is 0. The first-order chi connectivity index (χ1) is 11.6. The van der Waals surface area contributed by atoms with E-state index in [9.17, 15) is 9.59 Å². The summed E-state index contributed by atoms with van der Waals surface area (Å²) in [4.78, 5) is 26.6. The molecule has 0 unspecified atom stereocenters. The third-order valence-electron chi connectivity index (χ3n) is 4.81. The van der Waals surface area contributed by atoms with Gasteiger partial charge in [0.1, 0.15) is 0 Å². The summed E-state index contributed by atoms with van der Waals surface area (Å²) in [6.45, 7) is 4.57. The molecule has 2 aliphatic heterocycles. The van der Waals surface area contributed by atoms with E-state index in [-0.39, 0.29) is 30.3 Å². The zero-order chi connectivity index (χ0) is 16.9. The second kappa shape index (κ2) is 9.06. The maximum absolute atomic E-state index is 12.5. The van der Waals surface area contributed by atoms with Crippen molar-refractivity contribution in [1.82, 2.24) is 10.2 Å². The first-order valence-corrected chi connectivity index (χ1v) is 8.82. The Morgan fingerprint density at radius 1 is 1.12 bits per heavy atom. The lowest BCUT2D eigenvalue weighted by Crippen LogP contribution is -2.40. The van der Waals surface area contributed by atoms with E-state index in [1.165, 1.54) is 0 Å². The number of rotatable bonds is 3. The van der Waals surface area contributed by atoms with Crippen LogP contribution in [0.2, 0.25) is 0 Å². The van der Waals surface area contributed by atoms with Crippen LogP contribution < -0.4 is 16.0 Å². The minimum absolute atomic E-state index is 0. The summed E-state index contributed by atoms with van der Waals surface area (Å²) in [6.07, 6.45) is 3.80. The van der Waals surface area contributed by atoms with Crippen LogP contribution >= 0.6 is 12.4 Å². The number of amides is 3. The lowest BCUT2D eigenvalue weighted by atomic mass is 9.92. The molecule has 0 aliphatic carbocycles. The van der Waals surface area contributed by atoms with Gasteiger partial charge in [0, 0.05) is 25.0 Å². The average molecular weight is 367 g/mol. The summed E-state index contributed by atoms with van der Waals surface area (Å²) in [5.41, 5.74) is 1.32. The Balaban J connectivity index is 0.00000225. The number of nitrogens with one attached hydrogen (secondary N) is 3. The molecule has 0 spiro atoms. The fraction of sp³-hybridized carbons (Fsp3) is 0.556. The molecular weight excluding hydrogens is 340 g/mol. The monoisotopic (exact) mass is 366 g/mol. The molecule has 2 aliphatic rings. The van der Waals surface area contributed by atoms with Gasteiger partial charge in [-0.25, -0.2) is 4.79 Å². The number of piperidine rings is 1. The molecule has 0 aromatic heterocycles. The van der Waals surface area contributed by atoms with Gasteiger partial charge in [0.25, 0.3) is 0 Å². The van der Waals surface area contributed by atoms with Gasteiger partial charge in [0.2, 0.25) is 5.91 Å². The van der Waals surface area contributed by atoms with Crippen molar-refractivity contribution in [2.75, 3.05) is 30.3 Å². The predicted octanol–water partition coefficient (Wildman–Crippen LogP) is 3.06. The van der Waals surface area contributed by atoms with Gasteiger partial charge in [0.05, 0.1) is 11.4 Å². The molecule has 2 atom stereocenters. The minimum atomic E-state index is -0.0929. The van der Waals surface area contributed by atoms with Gasteiger partial charge in [-0.3, -0.25) is 4.79 Å². The molecule has 0 radical (unpaired) electrons. The molecule has 2 heterocycles. The molecule has 25 heavy (non-hydrogen) atoms. The summed E-state index contributed by atoms with van der Waals surface area (Å²) in [5, 5.41) is 9.28. The van der Waals surface area contributed by atoms with Gasteiger partial charge >= 0.3 is 6.03 Å². The molecule has 3 rings (SSSR count). The number of carbonyl (C=O) groups is 2. The summed E-state index contributed by atoms with van der Waals surface area (Å²) in [5.74, 6) is 0.0508. The van der Waals surface area contributed by atoms with E-state index in [2.05, 4.69) is 22.9 Å². The van der Waals surface area contributed by atoms with Gasteiger partial charge in [0.15, 0.2) is 0 Å². The molecule has 2 saturated heterocycles. The number of hydrogen-bond donors (Lipinski definition) is 3. The lowest BCUT2D eigenvalue weighted by molar-refractivity contribution is -0.120. The van der Waals surface area contributed by atoms with Crippen molar-refractivity contribution in [3.05, 3.63) is 24.3 Å². The molecule has 3 amide bonds. The number of likely N-dealkylation sites (tertiary alicyclic amines) is 1. The topological polar surface area (TPSA) is 73.5 Å². The zero-order valence-electron chi connectivity index (χ0n) is 14.6. The van der Waals surface area contributed by atoms with E-state index in [1.54, 1.807) is 0 Å². The van der Waals surface area contributed by atoms with E-state index in [0.717, 1.165) is 45.3 Å². The molecule has 0 bridgehead atoms. The molecule has 1 aromatic rings. The highest BCUT2D eigenvalue weighted by molar-refractivity contribution is 5.99. The molecule has 0 saturated carbocycles. The number of hydrogen-bond acceptors (Lipinski definition) is 3. The van der Waals surface area contributed by atoms with Gasteiger partial charge in [-0.05, 0) is 51.3 Å². The van der Waals surface area contributed by atoms with Crippen molar-refractivity contribution in [2.45, 2.75) is 38.6 Å². The van der Waals surface area contributed by atoms with Crippen molar-refractivity contribution < 1.29 is 9.59 Å². The zero-order valence-corrected chi connectivity index (χ0v) is 15.4. The van der Waals surface area contributed by atoms with Crippen molar-refractivity contribution in [2.24, 2.45) is 5.92 Å². The van der Waals surface area contributed by atoms with Gasteiger partial charge in [-0.2, -0.15) is 0 Å². The Morgan fingerprint density at radius 2 is 1.76 bits per heavy atom. The third kappa shape index (κ3) is 5.09. The number of benzene rings is 1. The van der Waals surface area contributed by atoms with E-state index in [0.29, 0.717) is 17.4 Å². The third-order valence-corrected chi connectivity index (χ3v) is 4.81. The Hall–Kier alpha value is -1.79. The number of para-hydroxylation sites is 2. The molecule has 138 valence electrons. The number of urea groups is 1. The Morgan fingerprint density at radius 3 is 2.40 bits per heavy atom. The average Bonchev–Trinajstić information content (AvgIpc) is 3.11. The molecule has 6 nitrogen and oxygen atoms in total. The van der Waals surface area contributed by atoms with Crippen molar-refractivity contribution in [3.63, 3.8) is 0 Å². The van der Waals surface area contributed by atoms with E-state index < -0.39 is 0 Å². The predicted molar refractivity (Wildman–Crippen MR) is 102 cm³/mol. The number of anilines is 2. The van der Waals surface area contributed by atoms with E-state index in [1.807, 2.05) is 29.2 Å². The van der Waals surface area contributed by atoms with Crippen LogP contribution in [0.25, 0.3) is 0 Å². The smallest absolute Gasteiger partial charge is 0.321 e. The van der Waals surface area contributed by atoms with Gasteiger partial charge in [-0.1, -0.05) is 12.1 Å². The van der Waals surface area contributed by atoms with Crippen molar-refractivity contribution in [1.29, 1.82) is 0 Å². The highest BCUT2D eigenvalue weighted by atomic mass is 35.5. The maximum atomic E-state index is 12.5. The van der Waals surface area contributed by atoms with Crippen LogP contribution in [0.1, 0.15) is 32.6 Å². The number of carbonyl (C=O) groups excluding carboxylic acids is 2. The lowest BCUT2D eigenvalue weighted by Gasteiger charge is -2.27. The fourth-order valence-electron chi connectivity index (χ4n) is 3.42. The van der Waals surface area contributed by atoms with Crippen LogP contribution in [-0.2, 0) is 4.79 Å². The molecule has 7 heteroatoms. The molecular formula is C18H27ClN4O2. The second-order valence-corrected chi connectivity index (χ2v) is 6.74. The Kier molecular flexibility index (Phi) is 7.08. The van der Waals surface area contributed by atoms with Gasteiger partial charge < -0.3 is 20.9 Å². The normalized spacial score (nSPS) is 22.8. The number of nitrogens with zero attached hydrogens (tertiary/aromatic N) is 1. The minimum Gasteiger partial charge on any atom is -0.325 e. The van der Waals surface area contributed by atoms with Crippen molar-refractivity contribution in [3.8, 4) is 0 Å². The highest BCUT2D eigenvalue weighted by Crippen LogP contribution is 2.25. The van der Waals surface area contributed by atoms with Gasteiger partial charge in [-0.15, -0.1) is 12.4 Å². The van der Waals surface area contributed by atoms with Crippen LogP contribution in [0.3, 0.4) is 0 Å². The van der Waals surface area contributed by atoms with Crippen LogP contribution in [0.4, 0.5) is 16.2 Å². The number of halogens is 1.